The van der Waals surface area contributed by atoms with Crippen LogP contribution in [0.4, 0.5) is 5.69 Å². The zero-order valence-corrected chi connectivity index (χ0v) is 19.2. The highest BCUT2D eigenvalue weighted by Gasteiger charge is 2.18. The van der Waals surface area contributed by atoms with Crippen LogP contribution >= 0.6 is 0 Å². The standard InChI is InChI=1S/C31H21NO4/c33-31(34)25-13-11-21(12-14-25)26-19-28(22-7-3-1-4-8-22)30(24-15-17-27(18-16-24)32(35)36)29(20-26)23-9-5-2-6-10-23/h1-20H,(H,33,34). The van der Waals surface area contributed by atoms with Crippen molar-refractivity contribution in [3.05, 3.63) is 137 Å². The van der Waals surface area contributed by atoms with Crippen molar-refractivity contribution in [1.29, 1.82) is 0 Å². The molecule has 36 heavy (non-hydrogen) atoms. The van der Waals surface area contributed by atoms with Gasteiger partial charge in [0.1, 0.15) is 0 Å². The first kappa shape index (κ1) is 22.7. The number of hydrogen-bond donors (Lipinski definition) is 1. The summed E-state index contributed by atoms with van der Waals surface area (Å²) < 4.78 is 0. The molecule has 0 aliphatic heterocycles. The van der Waals surface area contributed by atoms with Crippen LogP contribution in [0, 0.1) is 10.1 Å². The lowest BCUT2D eigenvalue weighted by Crippen LogP contribution is -1.96. The molecule has 5 heteroatoms. The Morgan fingerprint density at radius 1 is 0.583 bits per heavy atom. The maximum absolute atomic E-state index is 11.4. The molecule has 0 saturated carbocycles. The predicted octanol–water partition coefficient (Wildman–Crippen LogP) is 7.96. The summed E-state index contributed by atoms with van der Waals surface area (Å²) in [7, 11) is 0. The number of benzene rings is 5. The van der Waals surface area contributed by atoms with Crippen molar-refractivity contribution < 1.29 is 14.8 Å². The van der Waals surface area contributed by atoms with E-state index in [0.717, 1.165) is 44.5 Å². The number of carboxylic acids is 1. The first-order valence-electron chi connectivity index (χ1n) is 11.4. The van der Waals surface area contributed by atoms with Crippen LogP contribution in [0.2, 0.25) is 0 Å². The molecule has 0 fully saturated rings. The summed E-state index contributed by atoms with van der Waals surface area (Å²) in [5.74, 6) is -0.968. The Bertz CT molecular complexity index is 1480. The summed E-state index contributed by atoms with van der Waals surface area (Å²) >= 11 is 0. The van der Waals surface area contributed by atoms with Gasteiger partial charge in [-0.2, -0.15) is 0 Å². The first-order chi connectivity index (χ1) is 17.5. The van der Waals surface area contributed by atoms with E-state index in [0.29, 0.717) is 0 Å². The zero-order valence-electron chi connectivity index (χ0n) is 19.2. The Hall–Kier alpha value is -5.03. The number of hydrogen-bond acceptors (Lipinski definition) is 3. The molecule has 0 bridgehead atoms. The van der Waals surface area contributed by atoms with E-state index in [1.165, 1.54) is 12.1 Å². The number of carbonyl (C=O) groups is 1. The largest absolute Gasteiger partial charge is 0.478 e. The Kier molecular flexibility index (Phi) is 6.12. The number of aromatic carboxylic acids is 1. The van der Waals surface area contributed by atoms with E-state index >= 15 is 0 Å². The third kappa shape index (κ3) is 4.50. The highest BCUT2D eigenvalue weighted by molar-refractivity contribution is 5.98. The lowest BCUT2D eigenvalue weighted by molar-refractivity contribution is -0.384. The van der Waals surface area contributed by atoms with Gasteiger partial charge >= 0.3 is 5.97 Å². The van der Waals surface area contributed by atoms with E-state index in [9.17, 15) is 20.0 Å². The van der Waals surface area contributed by atoms with E-state index in [1.54, 1.807) is 24.3 Å². The van der Waals surface area contributed by atoms with Gasteiger partial charge in [0.15, 0.2) is 0 Å². The average Bonchev–Trinajstić information content (AvgIpc) is 2.93. The minimum absolute atomic E-state index is 0.0383. The summed E-state index contributed by atoms with van der Waals surface area (Å²) in [5, 5.41) is 20.6. The summed E-state index contributed by atoms with van der Waals surface area (Å²) in [6.07, 6.45) is 0. The van der Waals surface area contributed by atoms with Gasteiger partial charge in [-0.05, 0) is 80.9 Å². The molecule has 1 N–H and O–H groups in total. The molecule has 0 atom stereocenters. The number of nitro benzene ring substituents is 1. The van der Waals surface area contributed by atoms with Crippen LogP contribution in [0.5, 0.6) is 0 Å². The summed E-state index contributed by atoms with van der Waals surface area (Å²) in [6, 6.07) is 37.6. The molecule has 0 aromatic heterocycles. The molecule has 0 aliphatic carbocycles. The number of carboxylic acid groups (broad SMARTS) is 1. The van der Waals surface area contributed by atoms with Crippen LogP contribution in [0.25, 0.3) is 44.5 Å². The molecule has 0 unspecified atom stereocenters. The van der Waals surface area contributed by atoms with Crippen molar-refractivity contribution in [2.24, 2.45) is 0 Å². The predicted molar refractivity (Wildman–Crippen MR) is 142 cm³/mol. The second-order valence-corrected chi connectivity index (χ2v) is 8.36. The zero-order chi connectivity index (χ0) is 25.1. The third-order valence-corrected chi connectivity index (χ3v) is 6.14. The van der Waals surface area contributed by atoms with Gasteiger partial charge in [0.05, 0.1) is 10.5 Å². The number of non-ortho nitro benzene ring substituents is 1. The number of nitrogens with zero attached hydrogens (tertiary/aromatic N) is 1. The fourth-order valence-corrected chi connectivity index (χ4v) is 4.37. The maximum atomic E-state index is 11.4. The smallest absolute Gasteiger partial charge is 0.335 e. The fraction of sp³-hybridized carbons (Fsp3) is 0. The van der Waals surface area contributed by atoms with Crippen molar-refractivity contribution in [2.45, 2.75) is 0 Å². The summed E-state index contributed by atoms with van der Waals surface area (Å²) in [5.41, 5.74) is 7.90. The van der Waals surface area contributed by atoms with Crippen molar-refractivity contribution in [2.75, 3.05) is 0 Å². The second kappa shape index (κ2) is 9.68. The van der Waals surface area contributed by atoms with E-state index < -0.39 is 10.9 Å². The summed E-state index contributed by atoms with van der Waals surface area (Å²) in [6.45, 7) is 0. The van der Waals surface area contributed by atoms with Crippen molar-refractivity contribution in [3.8, 4) is 44.5 Å². The van der Waals surface area contributed by atoms with Gasteiger partial charge in [0.2, 0.25) is 0 Å². The van der Waals surface area contributed by atoms with Gasteiger partial charge in [0.25, 0.3) is 5.69 Å². The molecular formula is C31H21NO4. The van der Waals surface area contributed by atoms with E-state index in [2.05, 4.69) is 12.1 Å². The molecule has 0 radical (unpaired) electrons. The van der Waals surface area contributed by atoms with Crippen LogP contribution in [0.1, 0.15) is 10.4 Å². The fourth-order valence-electron chi connectivity index (χ4n) is 4.37. The van der Waals surface area contributed by atoms with Gasteiger partial charge in [-0.25, -0.2) is 4.79 Å². The molecule has 174 valence electrons. The van der Waals surface area contributed by atoms with Crippen molar-refractivity contribution in [1.82, 2.24) is 0 Å². The molecule has 0 aliphatic rings. The van der Waals surface area contributed by atoms with Crippen LogP contribution < -0.4 is 0 Å². The molecule has 0 amide bonds. The normalized spacial score (nSPS) is 10.7. The Morgan fingerprint density at radius 3 is 1.50 bits per heavy atom. The van der Waals surface area contributed by atoms with E-state index in [4.69, 9.17) is 0 Å². The van der Waals surface area contributed by atoms with Crippen LogP contribution in [0.3, 0.4) is 0 Å². The SMILES string of the molecule is O=C(O)c1ccc(-c2cc(-c3ccccc3)c(-c3ccc([N+](=O)[O-])cc3)c(-c3ccccc3)c2)cc1. The topological polar surface area (TPSA) is 80.4 Å². The van der Waals surface area contributed by atoms with E-state index in [1.807, 2.05) is 72.8 Å². The minimum Gasteiger partial charge on any atom is -0.478 e. The van der Waals surface area contributed by atoms with Crippen molar-refractivity contribution in [3.63, 3.8) is 0 Å². The van der Waals surface area contributed by atoms with Crippen LogP contribution in [-0.2, 0) is 0 Å². The molecule has 5 aromatic rings. The van der Waals surface area contributed by atoms with Gasteiger partial charge < -0.3 is 5.11 Å². The monoisotopic (exact) mass is 471 g/mol. The molecule has 5 aromatic carbocycles. The first-order valence-corrected chi connectivity index (χ1v) is 11.4. The third-order valence-electron chi connectivity index (χ3n) is 6.14. The number of nitro groups is 1. The van der Waals surface area contributed by atoms with Gasteiger partial charge in [-0.1, -0.05) is 72.8 Å². The van der Waals surface area contributed by atoms with Gasteiger partial charge in [-0.15, -0.1) is 0 Å². The molecule has 5 nitrogen and oxygen atoms in total. The van der Waals surface area contributed by atoms with Crippen LogP contribution in [0.15, 0.2) is 121 Å². The van der Waals surface area contributed by atoms with E-state index in [-0.39, 0.29) is 11.3 Å². The van der Waals surface area contributed by atoms with Gasteiger partial charge in [-0.3, -0.25) is 10.1 Å². The quantitative estimate of drug-likeness (QED) is 0.201. The highest BCUT2D eigenvalue weighted by atomic mass is 16.6. The molecular weight excluding hydrogens is 450 g/mol. The lowest BCUT2D eigenvalue weighted by Gasteiger charge is -2.19. The average molecular weight is 472 g/mol. The molecule has 0 saturated heterocycles. The van der Waals surface area contributed by atoms with Crippen molar-refractivity contribution >= 4 is 11.7 Å². The molecule has 5 rings (SSSR count). The summed E-state index contributed by atoms with van der Waals surface area (Å²) in [4.78, 5) is 22.2. The number of rotatable bonds is 6. The Labute approximate surface area is 208 Å². The van der Waals surface area contributed by atoms with Gasteiger partial charge in [0, 0.05) is 12.1 Å². The Morgan fingerprint density at radius 2 is 1.06 bits per heavy atom. The lowest BCUT2D eigenvalue weighted by atomic mass is 9.84. The second-order valence-electron chi connectivity index (χ2n) is 8.36. The van der Waals surface area contributed by atoms with Crippen LogP contribution in [-0.4, -0.2) is 16.0 Å². The highest BCUT2D eigenvalue weighted by Crippen LogP contribution is 2.43. The Balaban J connectivity index is 1.81. The molecule has 0 heterocycles. The maximum Gasteiger partial charge on any atom is 0.335 e. The minimum atomic E-state index is -0.968. The molecule has 0 spiro atoms.